The molecular formula is C17H18Cl3NO2. The molecule has 2 aromatic carbocycles. The van der Waals surface area contributed by atoms with Gasteiger partial charge in [-0.05, 0) is 49.7 Å². The molecule has 0 aliphatic carbocycles. The Bertz CT molecular complexity index is 677. The summed E-state index contributed by atoms with van der Waals surface area (Å²) in [4.78, 5) is 0. The second kappa shape index (κ2) is 8.65. The van der Waals surface area contributed by atoms with Crippen LogP contribution in [0.15, 0.2) is 30.3 Å². The van der Waals surface area contributed by atoms with Gasteiger partial charge in [-0.3, -0.25) is 0 Å². The number of hydrogen-bond donors (Lipinski definition) is 1. The summed E-state index contributed by atoms with van der Waals surface area (Å²) in [5, 5.41) is 1.35. The van der Waals surface area contributed by atoms with E-state index in [0.29, 0.717) is 45.3 Å². The third-order valence-corrected chi connectivity index (χ3v) is 4.45. The third-order valence-electron chi connectivity index (χ3n) is 3.25. The van der Waals surface area contributed by atoms with Gasteiger partial charge in [-0.1, -0.05) is 40.9 Å². The zero-order valence-corrected chi connectivity index (χ0v) is 15.0. The molecule has 0 saturated heterocycles. The highest BCUT2D eigenvalue weighted by molar-refractivity contribution is 6.44. The SMILES string of the molecule is CCOc1cc(CCN)ccc1OCc1c(Cl)ccc(Cl)c1Cl. The summed E-state index contributed by atoms with van der Waals surface area (Å²) in [6, 6.07) is 9.12. The number of halogens is 3. The van der Waals surface area contributed by atoms with Crippen molar-refractivity contribution in [1.29, 1.82) is 0 Å². The molecule has 0 spiro atoms. The fourth-order valence-electron chi connectivity index (χ4n) is 2.11. The van der Waals surface area contributed by atoms with Gasteiger partial charge in [0.2, 0.25) is 0 Å². The van der Waals surface area contributed by atoms with Gasteiger partial charge in [0, 0.05) is 10.6 Å². The molecule has 0 unspecified atom stereocenters. The highest BCUT2D eigenvalue weighted by atomic mass is 35.5. The molecule has 124 valence electrons. The van der Waals surface area contributed by atoms with Crippen LogP contribution in [0.2, 0.25) is 15.1 Å². The Morgan fingerprint density at radius 2 is 1.70 bits per heavy atom. The molecule has 23 heavy (non-hydrogen) atoms. The first-order valence-corrected chi connectivity index (χ1v) is 8.41. The van der Waals surface area contributed by atoms with Crippen LogP contribution < -0.4 is 15.2 Å². The average molecular weight is 375 g/mol. The van der Waals surface area contributed by atoms with Gasteiger partial charge in [-0.25, -0.2) is 0 Å². The molecule has 0 atom stereocenters. The first-order valence-electron chi connectivity index (χ1n) is 7.27. The van der Waals surface area contributed by atoms with E-state index in [1.54, 1.807) is 12.1 Å². The van der Waals surface area contributed by atoms with E-state index in [0.717, 1.165) is 12.0 Å². The van der Waals surface area contributed by atoms with E-state index < -0.39 is 0 Å². The van der Waals surface area contributed by atoms with Crippen molar-refractivity contribution in [3.8, 4) is 11.5 Å². The van der Waals surface area contributed by atoms with Gasteiger partial charge in [0.05, 0.1) is 16.7 Å². The Kier molecular flexibility index (Phi) is 6.85. The quantitative estimate of drug-likeness (QED) is 0.684. The Hall–Kier alpha value is -1.13. The number of rotatable bonds is 7. The minimum Gasteiger partial charge on any atom is -0.490 e. The van der Waals surface area contributed by atoms with Crippen LogP contribution in [0, 0.1) is 0 Å². The lowest BCUT2D eigenvalue weighted by Crippen LogP contribution is -2.05. The summed E-state index contributed by atoms with van der Waals surface area (Å²) >= 11 is 18.4. The lowest BCUT2D eigenvalue weighted by molar-refractivity contribution is 0.269. The Balaban J connectivity index is 2.21. The Labute approximate surface area is 151 Å². The molecule has 3 nitrogen and oxygen atoms in total. The van der Waals surface area contributed by atoms with Crippen molar-refractivity contribution in [2.75, 3.05) is 13.2 Å². The van der Waals surface area contributed by atoms with Gasteiger partial charge in [0.25, 0.3) is 0 Å². The first kappa shape index (κ1) is 18.2. The van der Waals surface area contributed by atoms with E-state index in [9.17, 15) is 0 Å². The Morgan fingerprint density at radius 1 is 0.957 bits per heavy atom. The maximum Gasteiger partial charge on any atom is 0.161 e. The maximum atomic E-state index is 6.19. The number of hydrogen-bond acceptors (Lipinski definition) is 3. The molecular weight excluding hydrogens is 357 g/mol. The molecule has 0 bridgehead atoms. The standard InChI is InChI=1S/C17H18Cl3NO2/c1-2-22-16-9-11(7-8-21)3-6-15(16)23-10-12-13(18)4-5-14(19)17(12)20/h3-6,9H,2,7-8,10,21H2,1H3. The zero-order valence-electron chi connectivity index (χ0n) is 12.7. The lowest BCUT2D eigenvalue weighted by Gasteiger charge is -2.15. The van der Waals surface area contributed by atoms with Crippen LogP contribution in [0.3, 0.4) is 0 Å². The predicted octanol–water partition coefficient (Wildman–Crippen LogP) is 5.13. The molecule has 2 rings (SSSR count). The largest absolute Gasteiger partial charge is 0.490 e. The summed E-state index contributed by atoms with van der Waals surface area (Å²) in [6.45, 7) is 3.25. The van der Waals surface area contributed by atoms with Gasteiger partial charge < -0.3 is 15.2 Å². The van der Waals surface area contributed by atoms with E-state index in [-0.39, 0.29) is 6.61 Å². The normalized spacial score (nSPS) is 10.7. The fraction of sp³-hybridized carbons (Fsp3) is 0.294. The monoisotopic (exact) mass is 373 g/mol. The van der Waals surface area contributed by atoms with Crippen molar-refractivity contribution < 1.29 is 9.47 Å². The summed E-state index contributed by atoms with van der Waals surface area (Å²) in [7, 11) is 0. The van der Waals surface area contributed by atoms with Crippen LogP contribution in [0.5, 0.6) is 11.5 Å². The number of nitrogens with two attached hydrogens (primary N) is 1. The number of ether oxygens (including phenoxy) is 2. The summed E-state index contributed by atoms with van der Waals surface area (Å²) < 4.78 is 11.5. The maximum absolute atomic E-state index is 6.19. The van der Waals surface area contributed by atoms with Gasteiger partial charge in [-0.15, -0.1) is 0 Å². The van der Waals surface area contributed by atoms with Gasteiger partial charge >= 0.3 is 0 Å². The van der Waals surface area contributed by atoms with Crippen LogP contribution in [-0.4, -0.2) is 13.2 Å². The van der Waals surface area contributed by atoms with Crippen molar-refractivity contribution in [3.05, 3.63) is 56.5 Å². The highest BCUT2D eigenvalue weighted by Gasteiger charge is 2.12. The van der Waals surface area contributed by atoms with E-state index in [1.165, 1.54) is 0 Å². The molecule has 0 amide bonds. The molecule has 0 aromatic heterocycles. The van der Waals surface area contributed by atoms with Gasteiger partial charge in [0.1, 0.15) is 6.61 Å². The minimum absolute atomic E-state index is 0.203. The van der Waals surface area contributed by atoms with E-state index in [2.05, 4.69) is 0 Å². The van der Waals surface area contributed by atoms with E-state index >= 15 is 0 Å². The molecule has 0 aliphatic rings. The summed E-state index contributed by atoms with van der Waals surface area (Å²) in [5.74, 6) is 1.30. The van der Waals surface area contributed by atoms with Crippen molar-refractivity contribution >= 4 is 34.8 Å². The second-order valence-electron chi connectivity index (χ2n) is 4.86. The first-order chi connectivity index (χ1) is 11.1. The van der Waals surface area contributed by atoms with Crippen LogP contribution in [0.4, 0.5) is 0 Å². The molecule has 0 saturated carbocycles. The zero-order chi connectivity index (χ0) is 16.8. The van der Waals surface area contributed by atoms with Crippen LogP contribution in [-0.2, 0) is 13.0 Å². The topological polar surface area (TPSA) is 44.5 Å². The van der Waals surface area contributed by atoms with Crippen molar-refractivity contribution in [3.63, 3.8) is 0 Å². The number of benzene rings is 2. The molecule has 2 N–H and O–H groups in total. The predicted molar refractivity (Wildman–Crippen MR) is 96.2 cm³/mol. The third kappa shape index (κ3) is 4.67. The van der Waals surface area contributed by atoms with Crippen molar-refractivity contribution in [2.45, 2.75) is 20.0 Å². The molecule has 0 aliphatic heterocycles. The summed E-state index contributed by atoms with van der Waals surface area (Å²) in [6.07, 6.45) is 0.784. The molecule has 2 aromatic rings. The molecule has 6 heteroatoms. The van der Waals surface area contributed by atoms with E-state index in [1.807, 2.05) is 25.1 Å². The van der Waals surface area contributed by atoms with Crippen LogP contribution >= 0.6 is 34.8 Å². The molecule has 0 heterocycles. The van der Waals surface area contributed by atoms with Gasteiger partial charge in [0.15, 0.2) is 11.5 Å². The van der Waals surface area contributed by atoms with Gasteiger partial charge in [-0.2, -0.15) is 0 Å². The lowest BCUT2D eigenvalue weighted by atomic mass is 10.1. The fourth-order valence-corrected chi connectivity index (χ4v) is 2.77. The van der Waals surface area contributed by atoms with Crippen LogP contribution in [0.1, 0.15) is 18.1 Å². The van der Waals surface area contributed by atoms with E-state index in [4.69, 9.17) is 50.0 Å². The van der Waals surface area contributed by atoms with Crippen molar-refractivity contribution in [1.82, 2.24) is 0 Å². The molecule has 0 fully saturated rings. The smallest absolute Gasteiger partial charge is 0.161 e. The average Bonchev–Trinajstić information content (AvgIpc) is 2.53. The van der Waals surface area contributed by atoms with Crippen molar-refractivity contribution in [2.24, 2.45) is 5.73 Å². The molecule has 0 radical (unpaired) electrons. The van der Waals surface area contributed by atoms with Crippen LogP contribution in [0.25, 0.3) is 0 Å². The highest BCUT2D eigenvalue weighted by Crippen LogP contribution is 2.34. The second-order valence-corrected chi connectivity index (χ2v) is 6.06. The Morgan fingerprint density at radius 3 is 2.39 bits per heavy atom. The summed E-state index contributed by atoms with van der Waals surface area (Å²) in [5.41, 5.74) is 7.34. The minimum atomic E-state index is 0.203.